The van der Waals surface area contributed by atoms with Gasteiger partial charge in [0.2, 0.25) is 11.8 Å². The number of hydrogen-bond acceptors (Lipinski definition) is 5. The van der Waals surface area contributed by atoms with Crippen LogP contribution in [-0.2, 0) is 26.2 Å². The van der Waals surface area contributed by atoms with Gasteiger partial charge in [0, 0.05) is 31.6 Å². The number of nitrogens with zero attached hydrogens (tertiary/aromatic N) is 2. The Morgan fingerprint density at radius 2 is 1.77 bits per heavy atom. The highest BCUT2D eigenvalue weighted by atomic mass is 35.5. The highest BCUT2D eigenvalue weighted by molar-refractivity contribution is 7.90. The summed E-state index contributed by atoms with van der Waals surface area (Å²) in [7, 11) is -2.53. The van der Waals surface area contributed by atoms with Gasteiger partial charge in [-0.25, -0.2) is 12.7 Å². The molecule has 0 aliphatic carbocycles. The van der Waals surface area contributed by atoms with Crippen LogP contribution in [0.15, 0.2) is 53.4 Å². The standard InChI is InChI=1S/C21H22ClN3O5S/c1-14(20(27)23-2)24(13-15-7-9-16(22)10-8-15)19(26)11-12-25-21(28)17-5-3-4-6-18(17)31(25,29)30/h3-10,14H,11-13H2,1-2H3,(H,23,27). The second-order valence-corrected chi connectivity index (χ2v) is 9.33. The molecule has 1 atom stereocenters. The van der Waals surface area contributed by atoms with E-state index < -0.39 is 27.9 Å². The topological polar surface area (TPSA) is 104 Å². The largest absolute Gasteiger partial charge is 0.357 e. The third-order valence-electron chi connectivity index (χ3n) is 5.12. The Morgan fingerprint density at radius 3 is 2.39 bits per heavy atom. The Kier molecular flexibility index (Phi) is 6.66. The smallest absolute Gasteiger partial charge is 0.269 e. The van der Waals surface area contributed by atoms with E-state index in [0.29, 0.717) is 9.33 Å². The van der Waals surface area contributed by atoms with Gasteiger partial charge >= 0.3 is 0 Å². The molecule has 10 heteroatoms. The lowest BCUT2D eigenvalue weighted by atomic mass is 10.1. The van der Waals surface area contributed by atoms with Crippen molar-refractivity contribution < 1.29 is 22.8 Å². The van der Waals surface area contributed by atoms with Gasteiger partial charge in [-0.3, -0.25) is 14.4 Å². The van der Waals surface area contributed by atoms with Gasteiger partial charge in [0.1, 0.15) is 10.9 Å². The number of carbonyl (C=O) groups is 3. The molecule has 8 nitrogen and oxygen atoms in total. The number of fused-ring (bicyclic) bond motifs is 1. The predicted octanol–water partition coefficient (Wildman–Crippen LogP) is 2.04. The van der Waals surface area contributed by atoms with Crippen molar-refractivity contribution in [3.8, 4) is 0 Å². The first kappa shape index (κ1) is 22.8. The van der Waals surface area contributed by atoms with Crippen molar-refractivity contribution >= 4 is 39.3 Å². The molecule has 0 aromatic heterocycles. The van der Waals surface area contributed by atoms with Crippen LogP contribution in [0.2, 0.25) is 5.02 Å². The lowest BCUT2D eigenvalue weighted by molar-refractivity contribution is -0.140. The summed E-state index contributed by atoms with van der Waals surface area (Å²) in [5.74, 6) is -1.48. The van der Waals surface area contributed by atoms with Gasteiger partial charge in [0.05, 0.1) is 5.56 Å². The number of nitrogens with one attached hydrogen (secondary N) is 1. The minimum absolute atomic E-state index is 0.0656. The summed E-state index contributed by atoms with van der Waals surface area (Å²) in [6.45, 7) is 1.40. The number of likely N-dealkylation sites (N-methyl/N-ethyl adjacent to an activating group) is 1. The lowest BCUT2D eigenvalue weighted by Gasteiger charge is -2.29. The molecule has 1 aliphatic heterocycles. The highest BCUT2D eigenvalue weighted by Gasteiger charge is 2.41. The molecule has 0 fully saturated rings. The SMILES string of the molecule is CNC(=O)C(C)N(Cc1ccc(Cl)cc1)C(=O)CCN1C(=O)c2ccccc2S1(=O)=O. The van der Waals surface area contributed by atoms with Crippen LogP contribution >= 0.6 is 11.6 Å². The van der Waals surface area contributed by atoms with Crippen LogP contribution in [-0.4, -0.2) is 55.0 Å². The molecule has 3 amide bonds. The normalized spacial score (nSPS) is 15.3. The number of sulfonamides is 1. The monoisotopic (exact) mass is 463 g/mol. The zero-order chi connectivity index (χ0) is 22.8. The summed E-state index contributed by atoms with van der Waals surface area (Å²) in [5, 5.41) is 3.05. The predicted molar refractivity (Wildman–Crippen MR) is 115 cm³/mol. The molecule has 0 radical (unpaired) electrons. The molecular formula is C21H22ClN3O5S. The minimum Gasteiger partial charge on any atom is -0.357 e. The summed E-state index contributed by atoms with van der Waals surface area (Å²) < 4.78 is 26.1. The first-order chi connectivity index (χ1) is 14.7. The van der Waals surface area contributed by atoms with Gasteiger partial charge < -0.3 is 10.2 Å². The molecular weight excluding hydrogens is 442 g/mol. The maximum absolute atomic E-state index is 13.0. The molecule has 0 saturated heterocycles. The second kappa shape index (κ2) is 9.07. The summed E-state index contributed by atoms with van der Waals surface area (Å²) >= 11 is 5.91. The Balaban J connectivity index is 1.78. The summed E-state index contributed by atoms with van der Waals surface area (Å²) in [5.41, 5.74) is 0.845. The van der Waals surface area contributed by atoms with E-state index >= 15 is 0 Å². The van der Waals surface area contributed by atoms with E-state index in [1.165, 1.54) is 30.1 Å². The van der Waals surface area contributed by atoms with Crippen molar-refractivity contribution in [3.05, 3.63) is 64.7 Å². The molecule has 1 N–H and O–H groups in total. The molecule has 1 aliphatic rings. The highest BCUT2D eigenvalue weighted by Crippen LogP contribution is 2.30. The molecule has 164 valence electrons. The van der Waals surface area contributed by atoms with Crippen molar-refractivity contribution in [1.82, 2.24) is 14.5 Å². The van der Waals surface area contributed by atoms with E-state index in [-0.39, 0.29) is 35.9 Å². The number of amides is 3. The molecule has 0 bridgehead atoms. The van der Waals surface area contributed by atoms with Crippen LogP contribution in [0.5, 0.6) is 0 Å². The molecule has 31 heavy (non-hydrogen) atoms. The van der Waals surface area contributed by atoms with E-state index in [9.17, 15) is 22.8 Å². The molecule has 1 heterocycles. The quantitative estimate of drug-likeness (QED) is 0.676. The van der Waals surface area contributed by atoms with Crippen LogP contribution in [0.3, 0.4) is 0 Å². The Bertz CT molecular complexity index is 1120. The third-order valence-corrected chi connectivity index (χ3v) is 7.21. The zero-order valence-corrected chi connectivity index (χ0v) is 18.6. The Labute approximate surface area is 185 Å². The van der Waals surface area contributed by atoms with E-state index in [2.05, 4.69) is 5.32 Å². The fourth-order valence-corrected chi connectivity index (χ4v) is 5.07. The van der Waals surface area contributed by atoms with Gasteiger partial charge in [-0.15, -0.1) is 0 Å². The van der Waals surface area contributed by atoms with Crippen molar-refractivity contribution in [1.29, 1.82) is 0 Å². The molecule has 2 aromatic rings. The maximum atomic E-state index is 13.0. The van der Waals surface area contributed by atoms with Gasteiger partial charge in [-0.05, 0) is 36.8 Å². The van der Waals surface area contributed by atoms with Gasteiger partial charge in [-0.1, -0.05) is 35.9 Å². The van der Waals surface area contributed by atoms with Crippen molar-refractivity contribution in [3.63, 3.8) is 0 Å². The van der Waals surface area contributed by atoms with Gasteiger partial charge in [0.25, 0.3) is 15.9 Å². The van der Waals surface area contributed by atoms with Gasteiger partial charge in [-0.2, -0.15) is 0 Å². The summed E-state index contributed by atoms with van der Waals surface area (Å²) in [6.07, 6.45) is -0.256. The van der Waals surface area contributed by atoms with Crippen LogP contribution in [0, 0.1) is 0 Å². The molecule has 1 unspecified atom stereocenters. The molecule has 0 saturated carbocycles. The average Bonchev–Trinajstić information content (AvgIpc) is 2.96. The van der Waals surface area contributed by atoms with E-state index in [1.54, 1.807) is 37.3 Å². The molecule has 3 rings (SSSR count). The summed E-state index contributed by atoms with van der Waals surface area (Å²) in [6, 6.07) is 12.0. The van der Waals surface area contributed by atoms with Crippen molar-refractivity contribution in [2.75, 3.05) is 13.6 Å². The van der Waals surface area contributed by atoms with E-state index in [0.717, 1.165) is 5.56 Å². The lowest BCUT2D eigenvalue weighted by Crippen LogP contribution is -2.47. The van der Waals surface area contributed by atoms with Crippen molar-refractivity contribution in [2.45, 2.75) is 30.8 Å². The van der Waals surface area contributed by atoms with Crippen LogP contribution < -0.4 is 5.32 Å². The summed E-state index contributed by atoms with van der Waals surface area (Å²) in [4.78, 5) is 39.0. The molecule has 2 aromatic carbocycles. The third kappa shape index (κ3) is 4.57. The Hall–Kier alpha value is -2.91. The van der Waals surface area contributed by atoms with Crippen LogP contribution in [0.4, 0.5) is 0 Å². The number of carbonyl (C=O) groups excluding carboxylic acids is 3. The van der Waals surface area contributed by atoms with Crippen LogP contribution in [0.25, 0.3) is 0 Å². The first-order valence-electron chi connectivity index (χ1n) is 9.58. The number of rotatable bonds is 7. The van der Waals surface area contributed by atoms with Crippen molar-refractivity contribution in [2.24, 2.45) is 0 Å². The minimum atomic E-state index is -4.00. The number of halogens is 1. The molecule has 0 spiro atoms. The first-order valence-corrected chi connectivity index (χ1v) is 11.4. The van der Waals surface area contributed by atoms with Gasteiger partial charge in [0.15, 0.2) is 0 Å². The second-order valence-electron chi connectivity index (χ2n) is 7.07. The fraction of sp³-hybridized carbons (Fsp3) is 0.286. The average molecular weight is 464 g/mol. The fourth-order valence-electron chi connectivity index (χ4n) is 3.37. The number of benzene rings is 2. The van der Waals surface area contributed by atoms with Crippen LogP contribution in [0.1, 0.15) is 29.3 Å². The number of hydrogen-bond donors (Lipinski definition) is 1. The van der Waals surface area contributed by atoms with E-state index in [1.807, 2.05) is 0 Å². The zero-order valence-electron chi connectivity index (χ0n) is 17.0. The maximum Gasteiger partial charge on any atom is 0.269 e. The Morgan fingerprint density at radius 1 is 1.13 bits per heavy atom. The van der Waals surface area contributed by atoms with E-state index in [4.69, 9.17) is 11.6 Å².